The van der Waals surface area contributed by atoms with E-state index >= 15 is 0 Å². The predicted molar refractivity (Wildman–Crippen MR) is 85.8 cm³/mol. The number of carbonyl (C=O) groups excluding carboxylic acids is 1. The number of benzene rings is 1. The molecular weight excluding hydrogens is 280 g/mol. The predicted octanol–water partition coefficient (Wildman–Crippen LogP) is 2.63. The molecule has 2 N–H and O–H groups in total. The quantitative estimate of drug-likeness (QED) is 0.849. The molecule has 2 atom stereocenters. The summed E-state index contributed by atoms with van der Waals surface area (Å²) in [6.07, 6.45) is 0.642. The molecule has 5 heteroatoms. The Morgan fingerprint density at radius 3 is 2.50 bits per heavy atom. The summed E-state index contributed by atoms with van der Waals surface area (Å²) in [6.45, 7) is 7.79. The van der Waals surface area contributed by atoms with E-state index in [1.54, 1.807) is 0 Å². The van der Waals surface area contributed by atoms with Crippen LogP contribution in [0.15, 0.2) is 30.3 Å². The minimum absolute atomic E-state index is 0.0527. The highest BCUT2D eigenvalue weighted by Gasteiger charge is 2.30. The molecule has 1 saturated heterocycles. The lowest BCUT2D eigenvalue weighted by Crippen LogP contribution is -2.44. The van der Waals surface area contributed by atoms with E-state index in [0.29, 0.717) is 26.2 Å². The Morgan fingerprint density at radius 2 is 1.86 bits per heavy atom. The monoisotopic (exact) mass is 306 g/mol. The first-order valence-electron chi connectivity index (χ1n) is 7.87. The van der Waals surface area contributed by atoms with Crippen LogP contribution < -0.4 is 10.6 Å². The largest absolute Gasteiger partial charge is 0.348 e. The lowest BCUT2D eigenvalue weighted by molar-refractivity contribution is -0.145. The summed E-state index contributed by atoms with van der Waals surface area (Å²) in [6, 6.07) is 10.1. The van der Waals surface area contributed by atoms with Crippen molar-refractivity contribution in [2.75, 3.05) is 19.8 Å². The summed E-state index contributed by atoms with van der Waals surface area (Å²) in [5.74, 6) is -0.304. The van der Waals surface area contributed by atoms with Crippen LogP contribution in [0.2, 0.25) is 0 Å². The Bertz CT molecular complexity index is 472. The first-order valence-corrected chi connectivity index (χ1v) is 7.87. The van der Waals surface area contributed by atoms with Crippen LogP contribution in [-0.4, -0.2) is 37.6 Å². The number of hydrogen-bond donors (Lipinski definition) is 2. The van der Waals surface area contributed by atoms with E-state index in [4.69, 9.17) is 9.47 Å². The molecule has 1 heterocycles. The lowest BCUT2D eigenvalue weighted by atomic mass is 9.95. The van der Waals surface area contributed by atoms with E-state index in [1.165, 1.54) is 5.56 Å². The number of nitrogens with one attached hydrogen (secondary N) is 2. The smallest absolute Gasteiger partial charge is 0.315 e. The van der Waals surface area contributed by atoms with Gasteiger partial charge in [0.25, 0.3) is 0 Å². The Hall–Kier alpha value is -1.59. The van der Waals surface area contributed by atoms with E-state index in [9.17, 15) is 4.79 Å². The van der Waals surface area contributed by atoms with Gasteiger partial charge in [-0.25, -0.2) is 4.79 Å². The SMILES string of the molecule is CC(NC(=O)NCCC1(C)OCCO1)C(C)c1ccccc1. The maximum Gasteiger partial charge on any atom is 0.315 e. The number of amides is 2. The van der Waals surface area contributed by atoms with Crippen LogP contribution in [-0.2, 0) is 9.47 Å². The Kier molecular flexibility index (Phi) is 5.80. The van der Waals surface area contributed by atoms with Crippen molar-refractivity contribution >= 4 is 6.03 Å². The fourth-order valence-corrected chi connectivity index (χ4v) is 2.53. The van der Waals surface area contributed by atoms with Crippen molar-refractivity contribution in [1.82, 2.24) is 10.6 Å². The Morgan fingerprint density at radius 1 is 1.23 bits per heavy atom. The van der Waals surface area contributed by atoms with Gasteiger partial charge in [0, 0.05) is 24.9 Å². The van der Waals surface area contributed by atoms with Crippen molar-refractivity contribution < 1.29 is 14.3 Å². The standard InChI is InChI=1S/C17H26N2O3/c1-13(15-7-5-4-6-8-15)14(2)19-16(20)18-10-9-17(3)21-11-12-22-17/h4-8,13-14H,9-12H2,1-3H3,(H2,18,19,20). The molecule has 5 nitrogen and oxygen atoms in total. The minimum atomic E-state index is -0.559. The Labute approximate surface area is 132 Å². The van der Waals surface area contributed by atoms with Crippen molar-refractivity contribution in [3.05, 3.63) is 35.9 Å². The average Bonchev–Trinajstić information content (AvgIpc) is 2.94. The van der Waals surface area contributed by atoms with Crippen LogP contribution in [0.1, 0.15) is 38.7 Å². The summed E-state index contributed by atoms with van der Waals surface area (Å²) < 4.78 is 11.0. The van der Waals surface area contributed by atoms with E-state index in [1.807, 2.05) is 32.0 Å². The highest BCUT2D eigenvalue weighted by atomic mass is 16.7. The second kappa shape index (κ2) is 7.61. The van der Waals surface area contributed by atoms with Crippen molar-refractivity contribution in [2.45, 2.75) is 44.9 Å². The zero-order valence-corrected chi connectivity index (χ0v) is 13.6. The molecule has 1 aromatic carbocycles. The van der Waals surface area contributed by atoms with E-state index in [0.717, 1.165) is 0 Å². The minimum Gasteiger partial charge on any atom is -0.348 e. The van der Waals surface area contributed by atoms with E-state index < -0.39 is 5.79 Å². The maximum absolute atomic E-state index is 12.0. The van der Waals surface area contributed by atoms with Crippen molar-refractivity contribution in [2.24, 2.45) is 0 Å². The third-order valence-corrected chi connectivity index (χ3v) is 4.20. The molecule has 2 unspecified atom stereocenters. The summed E-state index contributed by atoms with van der Waals surface area (Å²) in [4.78, 5) is 12.0. The summed E-state index contributed by atoms with van der Waals surface area (Å²) in [5, 5.41) is 5.85. The molecule has 1 aliphatic heterocycles. The molecule has 2 amide bonds. The molecule has 1 fully saturated rings. The van der Waals surface area contributed by atoms with Gasteiger partial charge in [-0.15, -0.1) is 0 Å². The summed E-state index contributed by atoms with van der Waals surface area (Å²) in [5.41, 5.74) is 1.22. The zero-order chi connectivity index (χ0) is 16.0. The normalized spacial score (nSPS) is 19.4. The molecule has 1 aromatic rings. The third-order valence-electron chi connectivity index (χ3n) is 4.20. The molecule has 0 aromatic heterocycles. The van der Waals surface area contributed by atoms with Crippen LogP contribution in [0.3, 0.4) is 0 Å². The molecule has 1 aliphatic rings. The Balaban J connectivity index is 1.72. The van der Waals surface area contributed by atoms with E-state index in [2.05, 4.69) is 29.7 Å². The second-order valence-electron chi connectivity index (χ2n) is 5.97. The number of urea groups is 1. The van der Waals surface area contributed by atoms with Gasteiger partial charge in [0.15, 0.2) is 5.79 Å². The van der Waals surface area contributed by atoms with Crippen LogP contribution in [0, 0.1) is 0 Å². The first kappa shape index (κ1) is 16.8. The van der Waals surface area contributed by atoms with Crippen molar-refractivity contribution in [1.29, 1.82) is 0 Å². The zero-order valence-electron chi connectivity index (χ0n) is 13.6. The molecule has 22 heavy (non-hydrogen) atoms. The number of rotatable bonds is 6. The van der Waals surface area contributed by atoms with Gasteiger partial charge < -0.3 is 20.1 Å². The van der Waals surface area contributed by atoms with Crippen molar-refractivity contribution in [3.63, 3.8) is 0 Å². The van der Waals surface area contributed by atoms with Crippen LogP contribution in [0.5, 0.6) is 0 Å². The lowest BCUT2D eigenvalue weighted by Gasteiger charge is -2.24. The number of ether oxygens (including phenoxy) is 2. The van der Waals surface area contributed by atoms with Crippen LogP contribution in [0.25, 0.3) is 0 Å². The highest BCUT2D eigenvalue weighted by molar-refractivity contribution is 5.74. The molecule has 0 saturated carbocycles. The molecule has 0 aliphatic carbocycles. The number of carbonyl (C=O) groups is 1. The fourth-order valence-electron chi connectivity index (χ4n) is 2.53. The van der Waals surface area contributed by atoms with Gasteiger partial charge in [0.1, 0.15) is 0 Å². The molecule has 122 valence electrons. The topological polar surface area (TPSA) is 59.6 Å². The molecular formula is C17H26N2O3. The molecule has 2 rings (SSSR count). The van der Waals surface area contributed by atoms with Gasteiger partial charge in [0.05, 0.1) is 13.2 Å². The van der Waals surface area contributed by atoms with Crippen LogP contribution in [0.4, 0.5) is 4.79 Å². The fraction of sp³-hybridized carbons (Fsp3) is 0.588. The van der Waals surface area contributed by atoms with E-state index in [-0.39, 0.29) is 18.0 Å². The van der Waals surface area contributed by atoms with Gasteiger partial charge in [-0.2, -0.15) is 0 Å². The second-order valence-corrected chi connectivity index (χ2v) is 5.97. The third kappa shape index (κ3) is 4.71. The van der Waals surface area contributed by atoms with Gasteiger partial charge >= 0.3 is 6.03 Å². The van der Waals surface area contributed by atoms with Gasteiger partial charge in [-0.1, -0.05) is 37.3 Å². The molecule has 0 radical (unpaired) electrons. The van der Waals surface area contributed by atoms with Gasteiger partial charge in [-0.3, -0.25) is 0 Å². The van der Waals surface area contributed by atoms with Crippen LogP contribution >= 0.6 is 0 Å². The maximum atomic E-state index is 12.0. The van der Waals surface area contributed by atoms with Gasteiger partial charge in [-0.05, 0) is 19.4 Å². The molecule has 0 bridgehead atoms. The summed E-state index contributed by atoms with van der Waals surface area (Å²) >= 11 is 0. The molecule has 0 spiro atoms. The average molecular weight is 306 g/mol. The number of hydrogen-bond acceptors (Lipinski definition) is 3. The van der Waals surface area contributed by atoms with Gasteiger partial charge in [0.2, 0.25) is 0 Å². The van der Waals surface area contributed by atoms with Crippen molar-refractivity contribution in [3.8, 4) is 0 Å². The first-order chi connectivity index (χ1) is 10.5. The summed E-state index contributed by atoms with van der Waals surface area (Å²) in [7, 11) is 0. The highest BCUT2D eigenvalue weighted by Crippen LogP contribution is 2.21.